The van der Waals surface area contributed by atoms with Crippen molar-refractivity contribution in [3.63, 3.8) is 0 Å². The molecule has 4 heteroatoms. The first-order valence-electron chi connectivity index (χ1n) is 9.42. The minimum absolute atomic E-state index is 0.228. The molecule has 1 fully saturated rings. The first kappa shape index (κ1) is 18.9. The molecular formula is C20H31FN2O. The van der Waals surface area contributed by atoms with Crippen LogP contribution in [0.25, 0.3) is 0 Å². The molecule has 1 aliphatic heterocycles. The zero-order valence-electron chi connectivity index (χ0n) is 14.9. The Labute approximate surface area is 145 Å². The Morgan fingerprint density at radius 2 is 1.92 bits per heavy atom. The van der Waals surface area contributed by atoms with Crippen molar-refractivity contribution >= 4 is 5.91 Å². The van der Waals surface area contributed by atoms with Crippen molar-refractivity contribution in [1.82, 2.24) is 10.2 Å². The molecule has 2 rings (SSSR count). The standard InChI is InChI=1S/C20H31FN2O/c1-2-3-4-15-23(16-18-5-8-19(21)9-6-18)20(24)10-7-17-11-13-22-14-12-17/h5-6,8-9,17,22H,2-4,7,10-16H2,1H3. The Hall–Kier alpha value is -1.42. The summed E-state index contributed by atoms with van der Waals surface area (Å²) in [6.07, 6.45) is 7.32. The molecule has 0 spiro atoms. The highest BCUT2D eigenvalue weighted by Crippen LogP contribution is 2.19. The highest BCUT2D eigenvalue weighted by atomic mass is 19.1. The van der Waals surface area contributed by atoms with Crippen molar-refractivity contribution in [1.29, 1.82) is 0 Å². The fourth-order valence-corrected chi connectivity index (χ4v) is 3.31. The summed E-state index contributed by atoms with van der Waals surface area (Å²) in [5.41, 5.74) is 1.00. The van der Waals surface area contributed by atoms with Gasteiger partial charge < -0.3 is 10.2 Å². The fraction of sp³-hybridized carbons (Fsp3) is 0.650. The zero-order valence-corrected chi connectivity index (χ0v) is 14.9. The number of halogens is 1. The number of hydrogen-bond acceptors (Lipinski definition) is 2. The summed E-state index contributed by atoms with van der Waals surface area (Å²) in [5, 5.41) is 3.37. The zero-order chi connectivity index (χ0) is 17.2. The first-order valence-corrected chi connectivity index (χ1v) is 9.42. The topological polar surface area (TPSA) is 32.3 Å². The van der Waals surface area contributed by atoms with Gasteiger partial charge >= 0.3 is 0 Å². The molecule has 0 bridgehead atoms. The SMILES string of the molecule is CCCCCN(Cc1ccc(F)cc1)C(=O)CCC1CCNCC1. The molecule has 0 atom stereocenters. The second-order valence-corrected chi connectivity index (χ2v) is 6.88. The van der Waals surface area contributed by atoms with Gasteiger partial charge in [-0.25, -0.2) is 4.39 Å². The maximum atomic E-state index is 13.1. The van der Waals surface area contributed by atoms with Crippen LogP contribution in [0.5, 0.6) is 0 Å². The normalized spacial score (nSPS) is 15.4. The number of benzene rings is 1. The molecule has 0 aromatic heterocycles. The van der Waals surface area contributed by atoms with Gasteiger partial charge in [0.15, 0.2) is 0 Å². The summed E-state index contributed by atoms with van der Waals surface area (Å²) < 4.78 is 13.1. The van der Waals surface area contributed by atoms with Crippen LogP contribution in [0.15, 0.2) is 24.3 Å². The lowest BCUT2D eigenvalue weighted by molar-refractivity contribution is -0.132. The lowest BCUT2D eigenvalue weighted by Gasteiger charge is -2.26. The van der Waals surface area contributed by atoms with Crippen molar-refractivity contribution in [2.45, 2.75) is 58.4 Å². The smallest absolute Gasteiger partial charge is 0.222 e. The van der Waals surface area contributed by atoms with E-state index in [9.17, 15) is 9.18 Å². The predicted octanol–water partition coefficient (Wildman–Crippen LogP) is 4.12. The van der Waals surface area contributed by atoms with E-state index >= 15 is 0 Å². The Morgan fingerprint density at radius 1 is 1.21 bits per heavy atom. The van der Waals surface area contributed by atoms with E-state index in [0.29, 0.717) is 18.9 Å². The number of hydrogen-bond donors (Lipinski definition) is 1. The van der Waals surface area contributed by atoms with Crippen molar-refractivity contribution in [2.24, 2.45) is 5.92 Å². The molecule has 1 aromatic carbocycles. The van der Waals surface area contributed by atoms with Crippen LogP contribution in [-0.2, 0) is 11.3 Å². The van der Waals surface area contributed by atoms with Crippen molar-refractivity contribution in [3.05, 3.63) is 35.6 Å². The van der Waals surface area contributed by atoms with Gasteiger partial charge in [-0.3, -0.25) is 4.79 Å². The molecule has 134 valence electrons. The lowest BCUT2D eigenvalue weighted by atomic mass is 9.93. The van der Waals surface area contributed by atoms with E-state index in [1.807, 2.05) is 4.90 Å². The summed E-state index contributed by atoms with van der Waals surface area (Å²) in [6.45, 7) is 5.72. The maximum Gasteiger partial charge on any atom is 0.222 e. The molecular weight excluding hydrogens is 303 g/mol. The third-order valence-electron chi connectivity index (χ3n) is 4.90. The molecule has 24 heavy (non-hydrogen) atoms. The Balaban J connectivity index is 1.87. The molecule has 0 unspecified atom stereocenters. The Bertz CT molecular complexity index is 483. The summed E-state index contributed by atoms with van der Waals surface area (Å²) >= 11 is 0. The van der Waals surface area contributed by atoms with E-state index < -0.39 is 0 Å². The minimum atomic E-state index is -0.228. The maximum absolute atomic E-state index is 13.1. The molecule has 1 aromatic rings. The molecule has 1 amide bonds. The van der Waals surface area contributed by atoms with Crippen LogP contribution in [0, 0.1) is 11.7 Å². The van der Waals surface area contributed by atoms with E-state index in [1.165, 1.54) is 25.0 Å². The van der Waals surface area contributed by atoms with Gasteiger partial charge in [0.2, 0.25) is 5.91 Å². The molecule has 0 aliphatic carbocycles. The van der Waals surface area contributed by atoms with Crippen LogP contribution >= 0.6 is 0 Å². The summed E-state index contributed by atoms with van der Waals surface area (Å²) in [4.78, 5) is 14.6. The number of piperidine rings is 1. The van der Waals surface area contributed by atoms with Crippen molar-refractivity contribution < 1.29 is 9.18 Å². The van der Waals surface area contributed by atoms with Gasteiger partial charge in [-0.05, 0) is 62.4 Å². The third kappa shape index (κ3) is 6.60. The number of carbonyl (C=O) groups excluding carboxylic acids is 1. The largest absolute Gasteiger partial charge is 0.338 e. The number of unbranched alkanes of at least 4 members (excludes halogenated alkanes) is 2. The molecule has 1 heterocycles. The monoisotopic (exact) mass is 334 g/mol. The quantitative estimate of drug-likeness (QED) is 0.689. The van der Waals surface area contributed by atoms with Crippen LogP contribution in [-0.4, -0.2) is 30.4 Å². The van der Waals surface area contributed by atoms with Crippen molar-refractivity contribution in [2.75, 3.05) is 19.6 Å². The van der Waals surface area contributed by atoms with Gasteiger partial charge in [0.25, 0.3) is 0 Å². The fourth-order valence-electron chi connectivity index (χ4n) is 3.31. The first-order chi connectivity index (χ1) is 11.7. The number of amides is 1. The van der Waals surface area contributed by atoms with E-state index in [4.69, 9.17) is 0 Å². The lowest BCUT2D eigenvalue weighted by Crippen LogP contribution is -2.33. The van der Waals surface area contributed by atoms with Crippen LogP contribution < -0.4 is 5.32 Å². The van der Waals surface area contributed by atoms with Gasteiger partial charge in [-0.1, -0.05) is 31.9 Å². The molecule has 0 radical (unpaired) electrons. The summed E-state index contributed by atoms with van der Waals surface area (Å²) in [7, 11) is 0. The predicted molar refractivity (Wildman–Crippen MR) is 96.2 cm³/mol. The molecule has 1 aliphatic rings. The van der Waals surface area contributed by atoms with Crippen LogP contribution in [0.1, 0.15) is 57.4 Å². The van der Waals surface area contributed by atoms with Gasteiger partial charge in [-0.2, -0.15) is 0 Å². The summed E-state index contributed by atoms with van der Waals surface area (Å²) in [5.74, 6) is 0.695. The van der Waals surface area contributed by atoms with E-state index in [-0.39, 0.29) is 11.7 Å². The van der Waals surface area contributed by atoms with Gasteiger partial charge in [-0.15, -0.1) is 0 Å². The van der Waals surface area contributed by atoms with E-state index in [2.05, 4.69) is 12.2 Å². The number of carbonyl (C=O) groups is 1. The number of nitrogens with one attached hydrogen (secondary N) is 1. The average Bonchev–Trinajstić information content (AvgIpc) is 2.61. The minimum Gasteiger partial charge on any atom is -0.338 e. The van der Waals surface area contributed by atoms with Gasteiger partial charge in [0, 0.05) is 19.5 Å². The Kier molecular flexibility index (Phi) is 8.23. The third-order valence-corrected chi connectivity index (χ3v) is 4.90. The highest BCUT2D eigenvalue weighted by molar-refractivity contribution is 5.76. The number of rotatable bonds is 9. The number of nitrogens with zero attached hydrogens (tertiary/aromatic N) is 1. The molecule has 1 N–H and O–H groups in total. The average molecular weight is 334 g/mol. The van der Waals surface area contributed by atoms with E-state index in [0.717, 1.165) is 50.9 Å². The molecule has 1 saturated heterocycles. The second-order valence-electron chi connectivity index (χ2n) is 6.88. The van der Waals surface area contributed by atoms with Gasteiger partial charge in [0.1, 0.15) is 5.82 Å². The van der Waals surface area contributed by atoms with Crippen LogP contribution in [0.2, 0.25) is 0 Å². The van der Waals surface area contributed by atoms with Gasteiger partial charge in [0.05, 0.1) is 0 Å². The summed E-state index contributed by atoms with van der Waals surface area (Å²) in [6, 6.07) is 6.50. The van der Waals surface area contributed by atoms with Crippen LogP contribution in [0.3, 0.4) is 0 Å². The van der Waals surface area contributed by atoms with E-state index in [1.54, 1.807) is 12.1 Å². The van der Waals surface area contributed by atoms with Crippen LogP contribution in [0.4, 0.5) is 4.39 Å². The molecule has 0 saturated carbocycles. The molecule has 3 nitrogen and oxygen atoms in total. The second kappa shape index (κ2) is 10.4. The highest BCUT2D eigenvalue weighted by Gasteiger charge is 2.18. The Morgan fingerprint density at radius 3 is 2.58 bits per heavy atom. The van der Waals surface area contributed by atoms with Crippen molar-refractivity contribution in [3.8, 4) is 0 Å².